The van der Waals surface area contributed by atoms with Gasteiger partial charge in [0.15, 0.2) is 5.17 Å². The van der Waals surface area contributed by atoms with Crippen LogP contribution in [0.1, 0.15) is 22.3 Å². The van der Waals surface area contributed by atoms with Crippen molar-refractivity contribution in [2.45, 2.75) is 13.5 Å². The third-order valence-corrected chi connectivity index (χ3v) is 7.30. The molecule has 4 aromatic rings. The molecule has 2 aliphatic heterocycles. The summed E-state index contributed by atoms with van der Waals surface area (Å²) in [4.78, 5) is 18.9. The van der Waals surface area contributed by atoms with E-state index < -0.39 is 5.91 Å². The van der Waals surface area contributed by atoms with E-state index in [4.69, 9.17) is 5.41 Å². The van der Waals surface area contributed by atoms with Crippen LogP contribution >= 0.6 is 11.8 Å². The van der Waals surface area contributed by atoms with Gasteiger partial charge in [0.1, 0.15) is 11.7 Å². The molecule has 0 atom stereocenters. The second kappa shape index (κ2) is 8.77. The van der Waals surface area contributed by atoms with E-state index in [1.165, 1.54) is 35.0 Å². The number of fused-ring (bicyclic) bond motifs is 2. The minimum absolute atomic E-state index is 0.0568. The third-order valence-electron chi connectivity index (χ3n) is 6.48. The van der Waals surface area contributed by atoms with Crippen molar-refractivity contribution in [2.24, 2.45) is 4.99 Å². The molecule has 0 fully saturated rings. The highest BCUT2D eigenvalue weighted by atomic mass is 32.2. The van der Waals surface area contributed by atoms with E-state index in [9.17, 15) is 9.18 Å². The highest BCUT2D eigenvalue weighted by molar-refractivity contribution is 8.17. The largest absolute Gasteiger partial charge is 0.342 e. The summed E-state index contributed by atoms with van der Waals surface area (Å²) in [5, 5.41) is 12.2. The number of amides is 1. The molecule has 176 valence electrons. The first-order valence-corrected chi connectivity index (χ1v) is 12.4. The van der Waals surface area contributed by atoms with Gasteiger partial charge in [-0.3, -0.25) is 15.1 Å². The van der Waals surface area contributed by atoms with Crippen molar-refractivity contribution in [2.75, 3.05) is 0 Å². The topological polar surface area (TPSA) is 61.5 Å². The summed E-state index contributed by atoms with van der Waals surface area (Å²) in [6.07, 6.45) is 3.78. The van der Waals surface area contributed by atoms with E-state index in [0.29, 0.717) is 17.4 Å². The van der Waals surface area contributed by atoms with Crippen molar-refractivity contribution in [1.29, 1.82) is 5.41 Å². The van der Waals surface area contributed by atoms with Gasteiger partial charge >= 0.3 is 0 Å². The molecule has 0 aliphatic carbocycles. The Labute approximate surface area is 211 Å². The van der Waals surface area contributed by atoms with E-state index in [1.54, 1.807) is 23.1 Å². The summed E-state index contributed by atoms with van der Waals surface area (Å²) in [5.41, 5.74) is 6.00. The summed E-state index contributed by atoms with van der Waals surface area (Å²) >= 11 is 1.29. The molecule has 5 nitrogen and oxygen atoms in total. The average Bonchev–Trinajstić information content (AvgIpc) is 3.45. The summed E-state index contributed by atoms with van der Waals surface area (Å²) in [6, 6.07) is 22.4. The van der Waals surface area contributed by atoms with Crippen LogP contribution in [0.3, 0.4) is 0 Å². The molecule has 3 aromatic carbocycles. The molecule has 1 N–H and O–H groups in total. The smallest absolute Gasteiger partial charge is 0.283 e. The molecule has 1 amide bonds. The fourth-order valence-corrected chi connectivity index (χ4v) is 5.46. The maximum Gasteiger partial charge on any atom is 0.283 e. The van der Waals surface area contributed by atoms with Gasteiger partial charge in [-0.15, -0.1) is 0 Å². The van der Waals surface area contributed by atoms with Crippen LogP contribution in [-0.2, 0) is 11.3 Å². The Morgan fingerprint density at radius 3 is 2.58 bits per heavy atom. The lowest BCUT2D eigenvalue weighted by molar-refractivity contribution is -0.114. The molecule has 3 heterocycles. The zero-order chi connectivity index (χ0) is 24.8. The number of hydrogen-bond acceptors (Lipinski definition) is 3. The molecule has 1 aromatic heterocycles. The van der Waals surface area contributed by atoms with E-state index in [0.717, 1.165) is 22.0 Å². The van der Waals surface area contributed by atoms with Crippen LogP contribution in [0.25, 0.3) is 22.7 Å². The van der Waals surface area contributed by atoms with Crippen LogP contribution in [0, 0.1) is 18.2 Å². The lowest BCUT2D eigenvalue weighted by Crippen LogP contribution is -2.38. The Balaban J connectivity index is 1.40. The van der Waals surface area contributed by atoms with E-state index in [-0.39, 0.29) is 17.2 Å². The monoisotopic (exact) mass is 492 g/mol. The van der Waals surface area contributed by atoms with Gasteiger partial charge in [-0.05, 0) is 60.0 Å². The highest BCUT2D eigenvalue weighted by Gasteiger charge is 2.36. The van der Waals surface area contributed by atoms with Gasteiger partial charge in [-0.25, -0.2) is 4.39 Å². The van der Waals surface area contributed by atoms with Crippen LogP contribution in [-0.4, -0.2) is 26.4 Å². The summed E-state index contributed by atoms with van der Waals surface area (Å²) in [5.74, 6) is -0.713. The fraction of sp³-hybridized carbons (Fsp3) is 0.0690. The van der Waals surface area contributed by atoms with Crippen LogP contribution < -0.4 is 0 Å². The zero-order valence-corrected chi connectivity index (χ0v) is 20.2. The first-order valence-electron chi connectivity index (χ1n) is 11.5. The number of thioether (sulfide) groups is 1. The van der Waals surface area contributed by atoms with Gasteiger partial charge in [0.25, 0.3) is 5.91 Å². The van der Waals surface area contributed by atoms with Gasteiger partial charge in [0.2, 0.25) is 0 Å². The predicted molar refractivity (Wildman–Crippen MR) is 144 cm³/mol. The molecule has 0 saturated carbocycles. The lowest BCUT2D eigenvalue weighted by Gasteiger charge is -2.26. The van der Waals surface area contributed by atoms with Crippen LogP contribution in [0.5, 0.6) is 0 Å². The van der Waals surface area contributed by atoms with Crippen molar-refractivity contribution >= 4 is 51.3 Å². The number of aromatic nitrogens is 1. The fourth-order valence-electron chi connectivity index (χ4n) is 4.57. The van der Waals surface area contributed by atoms with Crippen molar-refractivity contribution in [3.63, 3.8) is 0 Å². The molecule has 0 bridgehead atoms. The maximum atomic E-state index is 13.5. The molecule has 0 radical (unpaired) electrons. The normalized spacial score (nSPS) is 16.5. The molecular formula is C29H21FN4OS. The standard InChI is InChI=1S/C29H21FN4OS/c1-18-6-2-3-7-20(18)15-33-16-21(23-8-4-5-9-25(23)33)14-24-27(31)34-26(17-36-29(34)32-28(24)35)19-10-12-22(30)13-11-19/h2-14,16-17,31H,15H2,1H3. The van der Waals surface area contributed by atoms with Crippen LogP contribution in [0.2, 0.25) is 0 Å². The number of halogens is 1. The molecule has 0 spiro atoms. The van der Waals surface area contributed by atoms with E-state index in [2.05, 4.69) is 34.7 Å². The van der Waals surface area contributed by atoms with Crippen LogP contribution in [0.4, 0.5) is 4.39 Å². The number of carbonyl (C=O) groups is 1. The minimum Gasteiger partial charge on any atom is -0.342 e. The molecule has 6 rings (SSSR count). The summed E-state index contributed by atoms with van der Waals surface area (Å²) in [6.45, 7) is 2.80. The number of para-hydroxylation sites is 1. The van der Waals surface area contributed by atoms with Crippen LogP contribution in [0.15, 0.2) is 95.0 Å². The van der Waals surface area contributed by atoms with E-state index in [1.807, 2.05) is 41.9 Å². The number of aryl methyl sites for hydroxylation is 1. The van der Waals surface area contributed by atoms with Crippen molar-refractivity contribution < 1.29 is 9.18 Å². The van der Waals surface area contributed by atoms with Crippen molar-refractivity contribution in [3.05, 3.63) is 118 Å². The molecule has 7 heteroatoms. The number of nitrogens with zero attached hydrogens (tertiary/aromatic N) is 3. The number of aliphatic imine (C=N–C) groups is 1. The SMILES string of the molecule is Cc1ccccc1Cn1cc(C=C2C(=N)N3C(c4ccc(F)cc4)=CSC3=NC2=O)c2ccccc21. The number of amidine groups is 2. The van der Waals surface area contributed by atoms with Gasteiger partial charge in [-0.1, -0.05) is 54.2 Å². The number of carbonyl (C=O) groups excluding carboxylic acids is 1. The molecule has 0 unspecified atom stereocenters. The Morgan fingerprint density at radius 1 is 1.03 bits per heavy atom. The third kappa shape index (κ3) is 3.78. The first-order chi connectivity index (χ1) is 17.5. The van der Waals surface area contributed by atoms with Gasteiger partial charge in [0.05, 0.1) is 11.3 Å². The predicted octanol–water partition coefficient (Wildman–Crippen LogP) is 6.44. The lowest BCUT2D eigenvalue weighted by atomic mass is 10.1. The maximum absolute atomic E-state index is 13.5. The molecule has 2 aliphatic rings. The second-order valence-corrected chi connectivity index (χ2v) is 9.56. The average molecular weight is 493 g/mol. The first kappa shape index (κ1) is 22.2. The molecular weight excluding hydrogens is 471 g/mol. The zero-order valence-electron chi connectivity index (χ0n) is 19.4. The second-order valence-electron chi connectivity index (χ2n) is 8.73. The van der Waals surface area contributed by atoms with Gasteiger partial charge < -0.3 is 4.57 Å². The number of rotatable bonds is 4. The summed E-state index contributed by atoms with van der Waals surface area (Å²) < 4.78 is 15.6. The number of nitrogens with one attached hydrogen (secondary N) is 1. The highest BCUT2D eigenvalue weighted by Crippen LogP contribution is 2.38. The Morgan fingerprint density at radius 2 is 1.78 bits per heavy atom. The Hall–Kier alpha value is -4.23. The Kier molecular flexibility index (Phi) is 5.42. The van der Waals surface area contributed by atoms with E-state index >= 15 is 0 Å². The summed E-state index contributed by atoms with van der Waals surface area (Å²) in [7, 11) is 0. The minimum atomic E-state index is -0.441. The van der Waals surface area contributed by atoms with Gasteiger partial charge in [-0.2, -0.15) is 4.99 Å². The van der Waals surface area contributed by atoms with Gasteiger partial charge in [0, 0.05) is 34.6 Å². The molecule has 36 heavy (non-hydrogen) atoms. The quantitative estimate of drug-likeness (QED) is 0.334. The number of benzene rings is 3. The molecule has 0 saturated heterocycles. The van der Waals surface area contributed by atoms with Crippen molar-refractivity contribution in [3.8, 4) is 0 Å². The number of hydrogen-bond donors (Lipinski definition) is 1. The Bertz CT molecular complexity index is 1650. The van der Waals surface area contributed by atoms with Crippen molar-refractivity contribution in [1.82, 2.24) is 9.47 Å².